The molecule has 0 aliphatic rings. The highest BCUT2D eigenvalue weighted by atomic mass is 32.2. The zero-order valence-corrected chi connectivity index (χ0v) is 7.04. The Hall–Kier alpha value is -0.100. The lowest BCUT2D eigenvalue weighted by atomic mass is 10.1. The minimum absolute atomic E-state index is 0.246. The van der Waals surface area contributed by atoms with Crippen molar-refractivity contribution >= 4 is 17.5 Å². The van der Waals surface area contributed by atoms with Crippen LogP contribution in [0, 0.1) is 0 Å². The van der Waals surface area contributed by atoms with E-state index in [9.17, 15) is 4.79 Å². The van der Waals surface area contributed by atoms with E-state index >= 15 is 0 Å². The van der Waals surface area contributed by atoms with Crippen LogP contribution < -0.4 is 0 Å². The molecule has 0 aliphatic carbocycles. The highest BCUT2D eigenvalue weighted by molar-refractivity contribution is 7.98. The van der Waals surface area contributed by atoms with Crippen molar-refractivity contribution in [2.75, 3.05) is 18.6 Å². The van der Waals surface area contributed by atoms with Crippen molar-refractivity contribution in [2.24, 2.45) is 0 Å². The third kappa shape index (κ3) is 3.71. The molecule has 0 heterocycles. The second kappa shape index (κ2) is 5.54. The molecule has 5 heteroatoms. The molecule has 0 fully saturated rings. The van der Waals surface area contributed by atoms with Crippen LogP contribution >= 0.6 is 11.8 Å². The maximum atomic E-state index is 10.8. The molecule has 0 saturated carbocycles. The van der Waals surface area contributed by atoms with Crippen LogP contribution in [0.15, 0.2) is 0 Å². The lowest BCUT2D eigenvalue weighted by Crippen LogP contribution is -2.35. The number of aliphatic hydroxyl groups excluding tert-OH is 3. The summed E-state index contributed by atoms with van der Waals surface area (Å²) in [6.45, 7) is -0.635. The molecule has 1 unspecified atom stereocenters. The van der Waals surface area contributed by atoms with Crippen molar-refractivity contribution in [1.82, 2.24) is 0 Å². The molecule has 0 spiro atoms. The van der Waals surface area contributed by atoms with E-state index in [1.54, 1.807) is 6.26 Å². The van der Waals surface area contributed by atoms with Gasteiger partial charge in [-0.1, -0.05) is 0 Å². The van der Waals surface area contributed by atoms with Crippen LogP contribution in [0.5, 0.6) is 0 Å². The summed E-state index contributed by atoms with van der Waals surface area (Å²) in [4.78, 5) is 10.8. The van der Waals surface area contributed by atoms with Gasteiger partial charge in [0.25, 0.3) is 0 Å². The molecule has 0 aliphatic heterocycles. The van der Waals surface area contributed by atoms with Crippen LogP contribution in [0.1, 0.15) is 0 Å². The van der Waals surface area contributed by atoms with Gasteiger partial charge in [0.05, 0.1) is 6.61 Å². The number of carbonyl (C=O) groups excluding carboxylic acids is 1. The van der Waals surface area contributed by atoms with Gasteiger partial charge in [-0.05, 0) is 6.26 Å². The van der Waals surface area contributed by atoms with Gasteiger partial charge in [-0.3, -0.25) is 4.79 Å². The smallest absolute Gasteiger partial charge is 0.192 e. The molecule has 11 heavy (non-hydrogen) atoms. The van der Waals surface area contributed by atoms with Gasteiger partial charge >= 0.3 is 0 Å². The van der Waals surface area contributed by atoms with Crippen molar-refractivity contribution in [1.29, 1.82) is 0 Å². The first-order valence-electron chi connectivity index (χ1n) is 3.13. The Kier molecular flexibility index (Phi) is 5.49. The normalized spacial score (nSPS) is 16.0. The number of ketones is 1. The maximum Gasteiger partial charge on any atom is 0.192 e. The Bertz CT molecular complexity index is 128. The van der Waals surface area contributed by atoms with E-state index in [0.717, 1.165) is 0 Å². The average Bonchev–Trinajstić information content (AvgIpc) is 2.02. The van der Waals surface area contributed by atoms with Gasteiger partial charge in [0.1, 0.15) is 12.2 Å². The van der Waals surface area contributed by atoms with Crippen LogP contribution in [-0.4, -0.2) is 51.9 Å². The number of hydrogen-bond acceptors (Lipinski definition) is 5. The summed E-state index contributed by atoms with van der Waals surface area (Å²) >= 11 is 1.30. The summed E-state index contributed by atoms with van der Waals surface area (Å²) in [6, 6.07) is 0. The summed E-state index contributed by atoms with van der Waals surface area (Å²) in [6.07, 6.45) is -0.883. The quantitative estimate of drug-likeness (QED) is 0.486. The SMILES string of the molecule is CSC[C@@H](O)C(=O)C(O)CO. The minimum atomic E-state index is -1.45. The molecule has 0 bridgehead atoms. The molecule has 0 rings (SSSR count). The number of hydrogen-bond donors (Lipinski definition) is 3. The van der Waals surface area contributed by atoms with E-state index in [4.69, 9.17) is 15.3 Å². The van der Waals surface area contributed by atoms with Gasteiger partial charge in [0, 0.05) is 5.75 Å². The molecular formula is C6H12O4S. The number of thioether (sulfide) groups is 1. The van der Waals surface area contributed by atoms with E-state index in [1.165, 1.54) is 11.8 Å². The van der Waals surface area contributed by atoms with Crippen molar-refractivity contribution in [2.45, 2.75) is 12.2 Å². The molecule has 66 valence electrons. The molecule has 3 N–H and O–H groups in total. The third-order valence-electron chi connectivity index (χ3n) is 1.15. The molecular weight excluding hydrogens is 168 g/mol. The van der Waals surface area contributed by atoms with Crippen LogP contribution in [0.4, 0.5) is 0 Å². The third-order valence-corrected chi connectivity index (χ3v) is 1.80. The number of carbonyl (C=O) groups is 1. The fourth-order valence-electron chi connectivity index (χ4n) is 0.552. The number of aliphatic hydroxyl groups is 3. The lowest BCUT2D eigenvalue weighted by molar-refractivity contribution is -0.136. The Morgan fingerprint density at radius 2 is 2.00 bits per heavy atom. The van der Waals surface area contributed by atoms with Crippen molar-refractivity contribution in [3.05, 3.63) is 0 Å². The van der Waals surface area contributed by atoms with Crippen LogP contribution in [0.2, 0.25) is 0 Å². The minimum Gasteiger partial charge on any atom is -0.393 e. The molecule has 2 atom stereocenters. The molecule has 0 aromatic heterocycles. The zero-order valence-electron chi connectivity index (χ0n) is 6.23. The van der Waals surface area contributed by atoms with E-state index in [-0.39, 0.29) is 5.75 Å². The summed E-state index contributed by atoms with van der Waals surface area (Å²) in [5.74, 6) is -0.475. The summed E-state index contributed by atoms with van der Waals surface area (Å²) in [5.41, 5.74) is 0. The van der Waals surface area contributed by atoms with Gasteiger partial charge in [-0.2, -0.15) is 11.8 Å². The molecule has 0 amide bonds. The lowest BCUT2D eigenvalue weighted by Gasteiger charge is -2.10. The monoisotopic (exact) mass is 180 g/mol. The Balaban J connectivity index is 3.81. The number of Topliss-reactive ketones (excluding diaryl/α,β-unsaturated/α-hetero) is 1. The molecule has 0 aromatic rings. The molecule has 0 saturated heterocycles. The first-order chi connectivity index (χ1) is 5.13. The van der Waals surface area contributed by atoms with Crippen molar-refractivity contribution in [3.63, 3.8) is 0 Å². The Morgan fingerprint density at radius 3 is 2.36 bits per heavy atom. The van der Waals surface area contributed by atoms with E-state index in [2.05, 4.69) is 0 Å². The topological polar surface area (TPSA) is 77.8 Å². The summed E-state index contributed by atoms with van der Waals surface area (Å²) in [5, 5.41) is 26.1. The van der Waals surface area contributed by atoms with Crippen molar-refractivity contribution < 1.29 is 20.1 Å². The molecule has 0 radical (unpaired) electrons. The van der Waals surface area contributed by atoms with E-state index in [0.29, 0.717) is 0 Å². The second-order valence-electron chi connectivity index (χ2n) is 2.07. The highest BCUT2D eigenvalue weighted by Gasteiger charge is 2.21. The average molecular weight is 180 g/mol. The first-order valence-corrected chi connectivity index (χ1v) is 4.52. The fourth-order valence-corrected chi connectivity index (χ4v) is 1.03. The Morgan fingerprint density at radius 1 is 1.45 bits per heavy atom. The van der Waals surface area contributed by atoms with Gasteiger partial charge in [-0.15, -0.1) is 0 Å². The van der Waals surface area contributed by atoms with Gasteiger partial charge < -0.3 is 15.3 Å². The van der Waals surface area contributed by atoms with Gasteiger partial charge in [0.15, 0.2) is 5.78 Å². The summed E-state index contributed by atoms with van der Waals surface area (Å²) < 4.78 is 0. The van der Waals surface area contributed by atoms with E-state index in [1.807, 2.05) is 0 Å². The first kappa shape index (κ1) is 10.9. The molecule has 0 aromatic carbocycles. The maximum absolute atomic E-state index is 10.8. The van der Waals surface area contributed by atoms with Crippen LogP contribution in [-0.2, 0) is 4.79 Å². The largest absolute Gasteiger partial charge is 0.393 e. The van der Waals surface area contributed by atoms with Crippen molar-refractivity contribution in [3.8, 4) is 0 Å². The number of rotatable bonds is 5. The molecule has 4 nitrogen and oxygen atoms in total. The standard InChI is InChI=1S/C6H12O4S/c1-11-3-5(9)6(10)4(8)2-7/h4-5,7-9H,2-3H2,1H3/t4?,5-/m1/s1. The second-order valence-corrected chi connectivity index (χ2v) is 2.98. The van der Waals surface area contributed by atoms with Gasteiger partial charge in [-0.25, -0.2) is 0 Å². The van der Waals surface area contributed by atoms with Gasteiger partial charge in [0.2, 0.25) is 0 Å². The van der Waals surface area contributed by atoms with Crippen LogP contribution in [0.3, 0.4) is 0 Å². The predicted molar refractivity (Wildman–Crippen MR) is 42.5 cm³/mol. The predicted octanol–water partition coefficient (Wildman–Crippen LogP) is -1.37. The highest BCUT2D eigenvalue weighted by Crippen LogP contribution is 2.00. The fraction of sp³-hybridized carbons (Fsp3) is 0.833. The summed E-state index contributed by atoms with van der Waals surface area (Å²) in [7, 11) is 0. The van der Waals surface area contributed by atoms with Crippen LogP contribution in [0.25, 0.3) is 0 Å². The zero-order chi connectivity index (χ0) is 8.85. The van der Waals surface area contributed by atoms with E-state index < -0.39 is 24.6 Å². The Labute approximate surface area is 69.2 Å².